The topological polar surface area (TPSA) is 89.5 Å². The van der Waals surface area contributed by atoms with E-state index < -0.39 is 4.92 Å². The van der Waals surface area contributed by atoms with E-state index in [4.69, 9.17) is 23.2 Å². The van der Waals surface area contributed by atoms with E-state index in [9.17, 15) is 14.9 Å². The number of benzene rings is 3. The molecule has 7 nitrogen and oxygen atoms in total. The molecule has 0 aliphatic heterocycles. The number of halogens is 2. The highest BCUT2D eigenvalue weighted by molar-refractivity contribution is 6.37. The lowest BCUT2D eigenvalue weighted by Gasteiger charge is -2.07. The molecule has 4 rings (SSSR count). The van der Waals surface area contributed by atoms with Gasteiger partial charge in [-0.25, -0.2) is 0 Å². The van der Waals surface area contributed by atoms with Crippen LogP contribution >= 0.6 is 23.2 Å². The highest BCUT2D eigenvalue weighted by Crippen LogP contribution is 2.31. The van der Waals surface area contributed by atoms with E-state index in [2.05, 4.69) is 10.5 Å². The van der Waals surface area contributed by atoms with Gasteiger partial charge in [0.15, 0.2) is 0 Å². The van der Waals surface area contributed by atoms with Crippen LogP contribution in [0.3, 0.4) is 0 Å². The molecule has 0 saturated heterocycles. The monoisotopic (exact) mass is 452 g/mol. The van der Waals surface area contributed by atoms with Gasteiger partial charge in [0.2, 0.25) is 0 Å². The zero-order chi connectivity index (χ0) is 22.0. The van der Waals surface area contributed by atoms with Gasteiger partial charge in [-0.1, -0.05) is 53.5 Å². The van der Waals surface area contributed by atoms with Crippen molar-refractivity contribution in [2.45, 2.75) is 0 Å². The van der Waals surface area contributed by atoms with Gasteiger partial charge in [0.1, 0.15) is 5.15 Å². The number of aromatic nitrogens is 1. The summed E-state index contributed by atoms with van der Waals surface area (Å²) >= 11 is 12.8. The lowest BCUT2D eigenvalue weighted by molar-refractivity contribution is -0.384. The average molecular weight is 453 g/mol. The fourth-order valence-electron chi connectivity index (χ4n) is 3.14. The summed E-state index contributed by atoms with van der Waals surface area (Å²) in [6, 6.07) is 19.9. The molecule has 0 atom stereocenters. The van der Waals surface area contributed by atoms with Crippen LogP contribution in [0, 0.1) is 10.1 Å². The average Bonchev–Trinajstić information content (AvgIpc) is 3.05. The largest absolute Gasteiger partial charge is 0.278 e. The maximum absolute atomic E-state index is 13.2. The molecule has 0 aliphatic rings. The molecular weight excluding hydrogens is 439 g/mol. The fraction of sp³-hybridized carbons (Fsp3) is 0. The van der Waals surface area contributed by atoms with Crippen molar-refractivity contribution in [3.05, 3.63) is 104 Å². The van der Waals surface area contributed by atoms with Crippen LogP contribution in [0.15, 0.2) is 77.9 Å². The number of rotatable bonds is 5. The summed E-state index contributed by atoms with van der Waals surface area (Å²) in [7, 11) is 0. The van der Waals surface area contributed by atoms with E-state index in [1.54, 1.807) is 42.5 Å². The van der Waals surface area contributed by atoms with Crippen molar-refractivity contribution in [3.63, 3.8) is 0 Å². The van der Waals surface area contributed by atoms with Crippen molar-refractivity contribution >= 4 is 57.6 Å². The number of nitro groups is 1. The first-order valence-corrected chi connectivity index (χ1v) is 9.84. The molecule has 0 bridgehead atoms. The van der Waals surface area contributed by atoms with Crippen LogP contribution in [-0.2, 0) is 0 Å². The summed E-state index contributed by atoms with van der Waals surface area (Å²) in [6.07, 6.45) is 1.50. The molecule has 1 heterocycles. The number of para-hydroxylation sites is 1. The normalized spacial score (nSPS) is 11.2. The Morgan fingerprint density at radius 1 is 1.00 bits per heavy atom. The third-order valence-electron chi connectivity index (χ3n) is 4.63. The van der Waals surface area contributed by atoms with Crippen LogP contribution in [0.25, 0.3) is 10.9 Å². The first-order valence-electron chi connectivity index (χ1n) is 9.09. The first kappa shape index (κ1) is 20.6. The number of hydrazone groups is 1. The number of carbonyl (C=O) groups excluding carboxylic acids is 1. The summed E-state index contributed by atoms with van der Waals surface area (Å²) in [4.78, 5) is 23.5. The molecule has 9 heteroatoms. The lowest BCUT2D eigenvalue weighted by Crippen LogP contribution is -2.12. The Morgan fingerprint density at radius 2 is 1.68 bits per heavy atom. The molecular formula is C22H14Cl2N4O3. The number of nitrogens with one attached hydrogen (secondary N) is 1. The molecule has 4 aromatic rings. The van der Waals surface area contributed by atoms with Crippen LogP contribution < -0.4 is 5.43 Å². The van der Waals surface area contributed by atoms with Gasteiger partial charge in [0.05, 0.1) is 32.9 Å². The number of nitrogens with zero attached hydrogens (tertiary/aromatic N) is 3. The molecule has 0 saturated carbocycles. The second kappa shape index (κ2) is 8.59. The summed E-state index contributed by atoms with van der Waals surface area (Å²) in [5, 5.41) is 16.2. The van der Waals surface area contributed by atoms with E-state index in [1.165, 1.54) is 22.9 Å². The first-order chi connectivity index (χ1) is 15.0. The smallest absolute Gasteiger partial charge is 0.269 e. The molecule has 0 spiro atoms. The number of non-ortho nitro benzene ring substituents is 1. The molecule has 0 aliphatic carbocycles. The van der Waals surface area contributed by atoms with Crippen LogP contribution in [-0.4, -0.2) is 21.6 Å². The van der Waals surface area contributed by atoms with E-state index in [0.717, 1.165) is 5.39 Å². The SMILES string of the molecule is O=C(c1ccccc1Cl)n1c(Cl)c(/C=N\Nc2ccc([N+](=O)[O-])cc2)c2ccccc21. The second-order valence-corrected chi connectivity index (χ2v) is 7.28. The van der Waals surface area contributed by atoms with E-state index in [0.29, 0.717) is 27.4 Å². The van der Waals surface area contributed by atoms with Crippen LogP contribution in [0.2, 0.25) is 10.2 Å². The summed E-state index contributed by atoms with van der Waals surface area (Å²) in [6.45, 7) is 0. The third kappa shape index (κ3) is 4.01. The Hall–Kier alpha value is -3.68. The zero-order valence-electron chi connectivity index (χ0n) is 15.8. The summed E-state index contributed by atoms with van der Waals surface area (Å²) < 4.78 is 1.39. The van der Waals surface area contributed by atoms with Crippen molar-refractivity contribution in [2.75, 3.05) is 5.43 Å². The Balaban J connectivity index is 1.70. The second-order valence-electron chi connectivity index (χ2n) is 6.52. The third-order valence-corrected chi connectivity index (χ3v) is 5.33. The Kier molecular flexibility index (Phi) is 5.70. The van der Waals surface area contributed by atoms with Gasteiger partial charge < -0.3 is 0 Å². The van der Waals surface area contributed by atoms with Crippen molar-refractivity contribution in [2.24, 2.45) is 5.10 Å². The number of hydrogen-bond acceptors (Lipinski definition) is 5. The van der Waals surface area contributed by atoms with Crippen LogP contribution in [0.1, 0.15) is 15.9 Å². The molecule has 0 radical (unpaired) electrons. The fourth-order valence-corrected chi connectivity index (χ4v) is 3.67. The highest BCUT2D eigenvalue weighted by Gasteiger charge is 2.21. The Labute approximate surface area is 186 Å². The van der Waals surface area contributed by atoms with Gasteiger partial charge in [-0.3, -0.25) is 24.9 Å². The number of fused-ring (bicyclic) bond motifs is 1. The minimum Gasteiger partial charge on any atom is -0.278 e. The van der Waals surface area contributed by atoms with Crippen molar-refractivity contribution in [1.29, 1.82) is 0 Å². The molecule has 0 fully saturated rings. The number of anilines is 1. The lowest BCUT2D eigenvalue weighted by atomic mass is 10.2. The predicted octanol–water partition coefficient (Wildman–Crippen LogP) is 5.99. The van der Waals surface area contributed by atoms with E-state index in [-0.39, 0.29) is 16.7 Å². The van der Waals surface area contributed by atoms with E-state index in [1.807, 2.05) is 18.2 Å². The van der Waals surface area contributed by atoms with Gasteiger partial charge in [-0.2, -0.15) is 5.10 Å². The standard InChI is InChI=1S/C22H14Cl2N4O3/c23-19-7-3-1-6-17(19)22(29)27-20-8-4-2-5-16(20)18(21(27)24)13-25-26-14-9-11-15(12-10-14)28(30)31/h1-13,26H/b25-13-. The zero-order valence-corrected chi connectivity index (χ0v) is 17.3. The van der Waals surface area contributed by atoms with Gasteiger partial charge in [0.25, 0.3) is 11.6 Å². The van der Waals surface area contributed by atoms with Gasteiger partial charge in [0, 0.05) is 23.1 Å². The van der Waals surface area contributed by atoms with Gasteiger partial charge >= 0.3 is 0 Å². The maximum atomic E-state index is 13.2. The predicted molar refractivity (Wildman–Crippen MR) is 122 cm³/mol. The van der Waals surface area contributed by atoms with Crippen molar-refractivity contribution in [3.8, 4) is 0 Å². The Morgan fingerprint density at radius 3 is 2.39 bits per heavy atom. The molecule has 0 unspecified atom stereocenters. The Bertz CT molecular complexity index is 1330. The quantitative estimate of drug-likeness (QED) is 0.228. The molecule has 3 aromatic carbocycles. The maximum Gasteiger partial charge on any atom is 0.269 e. The minimum atomic E-state index is -0.475. The van der Waals surface area contributed by atoms with Crippen LogP contribution in [0.5, 0.6) is 0 Å². The van der Waals surface area contributed by atoms with Crippen molar-refractivity contribution < 1.29 is 9.72 Å². The number of hydrogen-bond donors (Lipinski definition) is 1. The van der Waals surface area contributed by atoms with Gasteiger partial charge in [-0.05, 0) is 30.3 Å². The number of nitro benzene ring substituents is 1. The van der Waals surface area contributed by atoms with Crippen molar-refractivity contribution in [1.82, 2.24) is 4.57 Å². The molecule has 0 amide bonds. The summed E-state index contributed by atoms with van der Waals surface area (Å²) in [5.74, 6) is -0.352. The van der Waals surface area contributed by atoms with E-state index >= 15 is 0 Å². The summed E-state index contributed by atoms with van der Waals surface area (Å²) in [5.41, 5.74) is 4.85. The van der Waals surface area contributed by atoms with Crippen LogP contribution in [0.4, 0.5) is 11.4 Å². The molecule has 1 aromatic heterocycles. The molecule has 31 heavy (non-hydrogen) atoms. The minimum absolute atomic E-state index is 0.0151. The van der Waals surface area contributed by atoms with Gasteiger partial charge in [-0.15, -0.1) is 0 Å². The molecule has 154 valence electrons. The highest BCUT2D eigenvalue weighted by atomic mass is 35.5. The number of carbonyl (C=O) groups is 1. The molecule has 1 N–H and O–H groups in total.